The highest BCUT2D eigenvalue weighted by atomic mass is 16.6. The van der Waals surface area contributed by atoms with Crippen molar-refractivity contribution in [2.45, 2.75) is 148 Å². The summed E-state index contributed by atoms with van der Waals surface area (Å²) in [5.74, 6) is -0.746. The Bertz CT molecular complexity index is 1360. The van der Waals surface area contributed by atoms with Gasteiger partial charge >= 0.3 is 11.9 Å². The quantitative estimate of drug-likeness (QED) is 0.0385. The molecule has 5 heteroatoms. The molecule has 0 aromatic rings. The number of rotatable bonds is 37. The molecule has 0 aromatic heterocycles. The molecular formula is C53H78O5. The van der Waals surface area contributed by atoms with Crippen molar-refractivity contribution in [3.05, 3.63) is 158 Å². The van der Waals surface area contributed by atoms with E-state index in [0.717, 1.165) is 109 Å². The molecule has 0 aliphatic heterocycles. The maximum atomic E-state index is 12.2. The number of ether oxygens (including phenoxy) is 2. The average Bonchev–Trinajstić information content (AvgIpc) is 3.23. The molecule has 0 saturated carbocycles. The molecule has 5 nitrogen and oxygen atoms in total. The van der Waals surface area contributed by atoms with Crippen LogP contribution in [0.5, 0.6) is 0 Å². The summed E-state index contributed by atoms with van der Waals surface area (Å²) in [5.41, 5.74) is 0. The minimum Gasteiger partial charge on any atom is -0.462 e. The lowest BCUT2D eigenvalue weighted by Gasteiger charge is -2.15. The van der Waals surface area contributed by atoms with E-state index in [4.69, 9.17) is 9.47 Å². The van der Waals surface area contributed by atoms with Crippen LogP contribution in [0.15, 0.2) is 158 Å². The maximum Gasteiger partial charge on any atom is 0.306 e. The van der Waals surface area contributed by atoms with Gasteiger partial charge in [-0.15, -0.1) is 0 Å². The predicted octanol–water partition coefficient (Wildman–Crippen LogP) is 14.5. The van der Waals surface area contributed by atoms with Gasteiger partial charge in [0, 0.05) is 12.8 Å². The fourth-order valence-electron chi connectivity index (χ4n) is 5.09. The van der Waals surface area contributed by atoms with Crippen LogP contribution in [-0.4, -0.2) is 36.4 Å². The van der Waals surface area contributed by atoms with E-state index in [1.807, 2.05) is 12.2 Å². The minimum atomic E-state index is -0.834. The molecule has 1 atom stereocenters. The van der Waals surface area contributed by atoms with Crippen LogP contribution in [0.1, 0.15) is 142 Å². The van der Waals surface area contributed by atoms with Crippen molar-refractivity contribution in [3.63, 3.8) is 0 Å². The second kappa shape index (κ2) is 46.9. The summed E-state index contributed by atoms with van der Waals surface area (Å²) in [6.07, 6.45) is 73.2. The Balaban J connectivity index is 3.80. The Kier molecular flexibility index (Phi) is 43.3. The molecule has 0 heterocycles. The van der Waals surface area contributed by atoms with Crippen LogP contribution in [0.4, 0.5) is 0 Å². The van der Waals surface area contributed by atoms with Crippen LogP contribution in [0, 0.1) is 0 Å². The largest absolute Gasteiger partial charge is 0.462 e. The Hall–Kier alpha value is -4.48. The van der Waals surface area contributed by atoms with E-state index in [0.29, 0.717) is 6.42 Å². The van der Waals surface area contributed by atoms with Crippen LogP contribution < -0.4 is 0 Å². The van der Waals surface area contributed by atoms with Gasteiger partial charge in [0.1, 0.15) is 6.61 Å². The van der Waals surface area contributed by atoms with Gasteiger partial charge < -0.3 is 14.6 Å². The van der Waals surface area contributed by atoms with Crippen LogP contribution in [0.3, 0.4) is 0 Å². The number of esters is 2. The highest BCUT2D eigenvalue weighted by Gasteiger charge is 2.15. The number of aliphatic hydroxyl groups is 1. The van der Waals surface area contributed by atoms with Crippen LogP contribution in [0.25, 0.3) is 0 Å². The van der Waals surface area contributed by atoms with Gasteiger partial charge in [-0.25, -0.2) is 0 Å². The molecule has 320 valence electrons. The van der Waals surface area contributed by atoms with Crippen molar-refractivity contribution in [3.8, 4) is 0 Å². The number of carbonyl (C=O) groups is 2. The monoisotopic (exact) mass is 795 g/mol. The third kappa shape index (κ3) is 44.2. The van der Waals surface area contributed by atoms with E-state index in [1.54, 1.807) is 0 Å². The molecule has 0 aliphatic rings. The fraction of sp³-hybridized carbons (Fsp3) is 0.472. The van der Waals surface area contributed by atoms with Crippen molar-refractivity contribution in [2.24, 2.45) is 0 Å². The minimum absolute atomic E-state index is 0.133. The molecule has 0 amide bonds. The van der Waals surface area contributed by atoms with Crippen LogP contribution in [0.2, 0.25) is 0 Å². The number of aliphatic hydroxyl groups excluding tert-OH is 1. The molecule has 58 heavy (non-hydrogen) atoms. The van der Waals surface area contributed by atoms with Gasteiger partial charge in [-0.05, 0) is 109 Å². The summed E-state index contributed by atoms with van der Waals surface area (Å²) in [6.45, 7) is 3.79. The first-order chi connectivity index (χ1) is 28.6. The summed E-state index contributed by atoms with van der Waals surface area (Å²) >= 11 is 0. The van der Waals surface area contributed by atoms with E-state index in [9.17, 15) is 14.7 Å². The molecule has 0 aromatic carbocycles. The van der Waals surface area contributed by atoms with E-state index >= 15 is 0 Å². The Morgan fingerprint density at radius 3 is 1.07 bits per heavy atom. The molecular weight excluding hydrogens is 717 g/mol. The molecule has 0 bridgehead atoms. The summed E-state index contributed by atoms with van der Waals surface area (Å²) < 4.78 is 10.5. The third-order valence-electron chi connectivity index (χ3n) is 8.33. The second-order valence-electron chi connectivity index (χ2n) is 13.7. The molecule has 1 unspecified atom stereocenters. The zero-order valence-electron chi connectivity index (χ0n) is 36.2. The Morgan fingerprint density at radius 1 is 0.397 bits per heavy atom. The van der Waals surface area contributed by atoms with Crippen molar-refractivity contribution >= 4 is 11.9 Å². The maximum absolute atomic E-state index is 12.2. The van der Waals surface area contributed by atoms with Gasteiger partial charge in [0.2, 0.25) is 0 Å². The lowest BCUT2D eigenvalue weighted by Crippen LogP contribution is -2.28. The topological polar surface area (TPSA) is 72.8 Å². The standard InChI is InChI=1S/C53H78O5/c1-3-5-7-9-11-13-15-17-19-21-23-24-25-26-27-28-30-32-34-36-38-40-42-44-46-48-53(56)58-51(49-54)50-57-52(55)47-45-43-41-39-37-35-33-31-29-22-20-18-16-14-12-10-8-6-4-2/h5-8,11-14,17-20,23-24,26-27,29-32,35-38,41,43,51,54H,3-4,9-10,15-16,21-22,25,28,33-34,39-40,42,44-50H2,1-2H3/b7-5-,8-6-,13-11-,14-12-,19-17-,20-18-,24-23-,27-26-,31-29-,32-30-,37-35-,38-36-,43-41-. The molecule has 0 fully saturated rings. The summed E-state index contributed by atoms with van der Waals surface area (Å²) in [5, 5.41) is 9.58. The third-order valence-corrected chi connectivity index (χ3v) is 8.33. The van der Waals surface area contributed by atoms with Gasteiger partial charge in [-0.1, -0.05) is 178 Å². The average molecular weight is 795 g/mol. The van der Waals surface area contributed by atoms with E-state index in [2.05, 4.69) is 160 Å². The lowest BCUT2D eigenvalue weighted by molar-refractivity contribution is -0.161. The van der Waals surface area contributed by atoms with Crippen LogP contribution >= 0.6 is 0 Å². The van der Waals surface area contributed by atoms with Crippen molar-refractivity contribution < 1.29 is 24.2 Å². The predicted molar refractivity (Wildman–Crippen MR) is 250 cm³/mol. The lowest BCUT2D eigenvalue weighted by atomic mass is 10.1. The van der Waals surface area contributed by atoms with E-state index in [1.165, 1.54) is 0 Å². The smallest absolute Gasteiger partial charge is 0.306 e. The molecule has 0 rings (SSSR count). The van der Waals surface area contributed by atoms with Gasteiger partial charge in [-0.3, -0.25) is 9.59 Å². The summed E-state index contributed by atoms with van der Waals surface area (Å²) in [7, 11) is 0. The van der Waals surface area contributed by atoms with Crippen molar-refractivity contribution in [1.29, 1.82) is 0 Å². The Morgan fingerprint density at radius 2 is 0.724 bits per heavy atom. The number of hydrogen-bond acceptors (Lipinski definition) is 5. The van der Waals surface area contributed by atoms with Crippen LogP contribution in [-0.2, 0) is 19.1 Å². The summed E-state index contributed by atoms with van der Waals surface area (Å²) in [4.78, 5) is 24.3. The van der Waals surface area contributed by atoms with Gasteiger partial charge in [0.25, 0.3) is 0 Å². The van der Waals surface area contributed by atoms with Crippen molar-refractivity contribution in [2.75, 3.05) is 13.2 Å². The first kappa shape index (κ1) is 53.5. The number of allylic oxidation sites excluding steroid dienone is 26. The molecule has 0 spiro atoms. The van der Waals surface area contributed by atoms with Gasteiger partial charge in [-0.2, -0.15) is 0 Å². The van der Waals surface area contributed by atoms with Crippen molar-refractivity contribution in [1.82, 2.24) is 0 Å². The SMILES string of the molecule is CC/C=C\C/C=C\C/C=C\C/C=C\C/C=C\C/C=C\C/C=C\CCCCCC(=O)OC(CO)COC(=O)CC/C=C\C/C=C\C/C=C\C/C=C\C/C=C\C/C=C\CC. The zero-order chi connectivity index (χ0) is 42.1. The molecule has 0 aliphatic carbocycles. The number of hydrogen-bond donors (Lipinski definition) is 1. The molecule has 0 saturated heterocycles. The van der Waals surface area contributed by atoms with Gasteiger partial charge in [0.15, 0.2) is 6.10 Å². The highest BCUT2D eigenvalue weighted by Crippen LogP contribution is 2.08. The zero-order valence-corrected chi connectivity index (χ0v) is 36.2. The second-order valence-corrected chi connectivity index (χ2v) is 13.7. The highest BCUT2D eigenvalue weighted by molar-refractivity contribution is 5.70. The Labute approximate surface area is 354 Å². The number of unbranched alkanes of at least 4 members (excludes halogenated alkanes) is 3. The fourth-order valence-corrected chi connectivity index (χ4v) is 5.09. The summed E-state index contributed by atoms with van der Waals surface area (Å²) in [6, 6.07) is 0. The normalized spacial score (nSPS) is 13.8. The molecule has 1 N–H and O–H groups in total. The first-order valence-corrected chi connectivity index (χ1v) is 22.0. The van der Waals surface area contributed by atoms with E-state index < -0.39 is 6.10 Å². The molecule has 0 radical (unpaired) electrons. The van der Waals surface area contributed by atoms with Gasteiger partial charge in [0.05, 0.1) is 6.61 Å². The first-order valence-electron chi connectivity index (χ1n) is 22.0. The number of carbonyl (C=O) groups excluding carboxylic acids is 2. The van der Waals surface area contributed by atoms with E-state index in [-0.39, 0.29) is 38.0 Å².